The van der Waals surface area contributed by atoms with Crippen LogP contribution >= 0.6 is 0 Å². The summed E-state index contributed by atoms with van der Waals surface area (Å²) < 4.78 is 0. The molecule has 1 aliphatic carbocycles. The summed E-state index contributed by atoms with van der Waals surface area (Å²) >= 11 is 0. The van der Waals surface area contributed by atoms with E-state index >= 15 is 0 Å². The molecule has 142 valence electrons. The second kappa shape index (κ2) is 8.88. The Morgan fingerprint density at radius 2 is 2.04 bits per heavy atom. The Labute approximate surface area is 162 Å². The van der Waals surface area contributed by atoms with Crippen LogP contribution in [0.25, 0.3) is 0 Å². The van der Waals surface area contributed by atoms with Gasteiger partial charge in [0, 0.05) is 22.6 Å². The van der Waals surface area contributed by atoms with E-state index in [0.29, 0.717) is 5.57 Å². The van der Waals surface area contributed by atoms with Gasteiger partial charge in [0.05, 0.1) is 11.6 Å². The molecular formula is C24H29NO2. The molecular weight excluding hydrogens is 334 g/mol. The number of hydrogen-bond donors (Lipinski definition) is 2. The van der Waals surface area contributed by atoms with Gasteiger partial charge in [0.2, 0.25) is 5.91 Å². The molecule has 1 amide bonds. The fraction of sp³-hybridized carbons (Fsp3) is 0.375. The average Bonchev–Trinajstić information content (AvgIpc) is 2.81. The van der Waals surface area contributed by atoms with Crippen LogP contribution in [0.3, 0.4) is 0 Å². The maximum Gasteiger partial charge on any atom is 0.248 e. The number of hydrogen-bond acceptors (Lipinski definition) is 2. The molecule has 1 aromatic carbocycles. The fourth-order valence-electron chi connectivity index (χ4n) is 2.69. The summed E-state index contributed by atoms with van der Waals surface area (Å²) in [6.45, 7) is 9.29. The second-order valence-corrected chi connectivity index (χ2v) is 7.59. The van der Waals surface area contributed by atoms with Crippen LogP contribution in [0.2, 0.25) is 0 Å². The molecule has 0 spiro atoms. The number of aryl methyl sites for hydroxylation is 1. The minimum Gasteiger partial charge on any atom is -0.388 e. The van der Waals surface area contributed by atoms with E-state index in [2.05, 4.69) is 30.1 Å². The molecule has 3 heteroatoms. The first kappa shape index (κ1) is 20.7. The number of aliphatic hydroxyl groups is 1. The molecule has 0 heterocycles. The highest BCUT2D eigenvalue weighted by Crippen LogP contribution is 2.22. The molecule has 2 N–H and O–H groups in total. The number of rotatable bonds is 4. The fourth-order valence-corrected chi connectivity index (χ4v) is 2.69. The summed E-state index contributed by atoms with van der Waals surface area (Å²) in [5.74, 6) is 6.24. The summed E-state index contributed by atoms with van der Waals surface area (Å²) in [5, 5.41) is 13.0. The third kappa shape index (κ3) is 5.98. The molecule has 0 bridgehead atoms. The Hall–Kier alpha value is -2.57. The maximum absolute atomic E-state index is 12.7. The molecule has 1 aromatic rings. The largest absolute Gasteiger partial charge is 0.388 e. The highest BCUT2D eigenvalue weighted by atomic mass is 16.3. The van der Waals surface area contributed by atoms with Gasteiger partial charge < -0.3 is 10.4 Å². The lowest BCUT2D eigenvalue weighted by molar-refractivity contribution is -0.120. The lowest BCUT2D eigenvalue weighted by Gasteiger charge is -2.27. The first-order valence-corrected chi connectivity index (χ1v) is 9.42. The maximum atomic E-state index is 12.7. The summed E-state index contributed by atoms with van der Waals surface area (Å²) in [7, 11) is 0. The highest BCUT2D eigenvalue weighted by molar-refractivity contribution is 5.95. The topological polar surface area (TPSA) is 49.3 Å². The van der Waals surface area contributed by atoms with Gasteiger partial charge in [0.1, 0.15) is 0 Å². The van der Waals surface area contributed by atoms with Gasteiger partial charge in [-0.05, 0) is 64.0 Å². The smallest absolute Gasteiger partial charge is 0.248 e. The normalized spacial score (nSPS) is 17.8. The lowest BCUT2D eigenvalue weighted by Crippen LogP contribution is -2.48. The van der Waals surface area contributed by atoms with E-state index in [4.69, 9.17) is 0 Å². The molecule has 2 atom stereocenters. The molecule has 0 radical (unpaired) electrons. The van der Waals surface area contributed by atoms with Crippen LogP contribution in [-0.2, 0) is 4.79 Å². The Kier molecular flexibility index (Phi) is 6.82. The van der Waals surface area contributed by atoms with Gasteiger partial charge in [-0.2, -0.15) is 0 Å². The zero-order chi connectivity index (χ0) is 20.0. The van der Waals surface area contributed by atoms with Crippen LogP contribution in [0.15, 0.2) is 59.7 Å². The van der Waals surface area contributed by atoms with E-state index in [1.54, 1.807) is 20.8 Å². The van der Waals surface area contributed by atoms with Crippen LogP contribution in [0, 0.1) is 24.7 Å². The number of benzene rings is 1. The average molecular weight is 364 g/mol. The third-order valence-electron chi connectivity index (χ3n) is 4.83. The van der Waals surface area contributed by atoms with Gasteiger partial charge in [-0.25, -0.2) is 0 Å². The Bertz CT molecular complexity index is 841. The SMILES string of the molecule is CCC1C=CC(C#Cc2cccc(C)c2)=CC=C1C(=O)NC(C)C(C)(C)O. The van der Waals surface area contributed by atoms with Crippen molar-refractivity contribution in [3.8, 4) is 11.8 Å². The van der Waals surface area contributed by atoms with Crippen molar-refractivity contribution < 1.29 is 9.90 Å². The van der Waals surface area contributed by atoms with Crippen molar-refractivity contribution >= 4 is 5.91 Å². The van der Waals surface area contributed by atoms with Crippen molar-refractivity contribution in [1.29, 1.82) is 0 Å². The molecule has 0 aromatic heterocycles. The minimum atomic E-state index is -0.973. The first-order valence-electron chi connectivity index (χ1n) is 9.42. The van der Waals surface area contributed by atoms with Crippen molar-refractivity contribution in [2.75, 3.05) is 0 Å². The number of nitrogens with one attached hydrogen (secondary N) is 1. The number of amides is 1. The number of allylic oxidation sites excluding steroid dienone is 5. The molecule has 0 fully saturated rings. The minimum absolute atomic E-state index is 0.0218. The highest BCUT2D eigenvalue weighted by Gasteiger charge is 2.26. The lowest BCUT2D eigenvalue weighted by atomic mass is 9.94. The van der Waals surface area contributed by atoms with E-state index in [1.807, 2.05) is 49.4 Å². The Morgan fingerprint density at radius 3 is 2.67 bits per heavy atom. The van der Waals surface area contributed by atoms with Gasteiger partial charge >= 0.3 is 0 Å². The summed E-state index contributed by atoms with van der Waals surface area (Å²) in [5.41, 5.74) is 2.74. The summed E-state index contributed by atoms with van der Waals surface area (Å²) in [6, 6.07) is 7.73. The predicted molar refractivity (Wildman–Crippen MR) is 111 cm³/mol. The second-order valence-electron chi connectivity index (χ2n) is 7.59. The third-order valence-corrected chi connectivity index (χ3v) is 4.83. The Morgan fingerprint density at radius 1 is 1.30 bits per heavy atom. The molecule has 0 saturated carbocycles. The van der Waals surface area contributed by atoms with E-state index in [1.165, 1.54) is 5.56 Å². The summed E-state index contributed by atoms with van der Waals surface area (Å²) in [4.78, 5) is 12.7. The van der Waals surface area contributed by atoms with Gasteiger partial charge in [-0.1, -0.05) is 43.0 Å². The molecule has 27 heavy (non-hydrogen) atoms. The zero-order valence-corrected chi connectivity index (χ0v) is 16.8. The van der Waals surface area contributed by atoms with E-state index < -0.39 is 5.60 Å². The predicted octanol–water partition coefficient (Wildman–Crippen LogP) is 4.07. The van der Waals surface area contributed by atoms with Crippen molar-refractivity contribution in [2.45, 2.75) is 52.7 Å². The molecule has 0 saturated heterocycles. The van der Waals surface area contributed by atoms with Crippen molar-refractivity contribution in [3.63, 3.8) is 0 Å². The van der Waals surface area contributed by atoms with E-state index in [9.17, 15) is 9.90 Å². The monoisotopic (exact) mass is 363 g/mol. The quantitative estimate of drug-likeness (QED) is 0.792. The van der Waals surface area contributed by atoms with Gasteiger partial charge in [0.15, 0.2) is 0 Å². The molecule has 2 unspecified atom stereocenters. The Balaban J connectivity index is 2.24. The summed E-state index contributed by atoms with van der Waals surface area (Å²) in [6.07, 6.45) is 8.57. The number of carbonyl (C=O) groups is 1. The molecule has 0 aliphatic heterocycles. The van der Waals surface area contributed by atoms with Crippen LogP contribution in [0.4, 0.5) is 0 Å². The molecule has 2 rings (SSSR count). The van der Waals surface area contributed by atoms with E-state index in [-0.39, 0.29) is 17.9 Å². The van der Waals surface area contributed by atoms with Crippen molar-refractivity contribution in [3.05, 3.63) is 70.8 Å². The van der Waals surface area contributed by atoms with E-state index in [0.717, 1.165) is 17.6 Å². The van der Waals surface area contributed by atoms with Crippen LogP contribution in [0.5, 0.6) is 0 Å². The molecule has 1 aliphatic rings. The van der Waals surface area contributed by atoms with Gasteiger partial charge in [-0.15, -0.1) is 0 Å². The van der Waals surface area contributed by atoms with Crippen molar-refractivity contribution in [2.24, 2.45) is 5.92 Å². The molecule has 3 nitrogen and oxygen atoms in total. The van der Waals surface area contributed by atoms with Crippen LogP contribution < -0.4 is 5.32 Å². The zero-order valence-electron chi connectivity index (χ0n) is 16.8. The number of carbonyl (C=O) groups excluding carboxylic acids is 1. The van der Waals surface area contributed by atoms with Crippen molar-refractivity contribution in [1.82, 2.24) is 5.32 Å². The van der Waals surface area contributed by atoms with Crippen LogP contribution in [0.1, 0.15) is 45.2 Å². The van der Waals surface area contributed by atoms with Gasteiger partial charge in [0.25, 0.3) is 0 Å². The standard InChI is InChI=1S/C24H29NO2/c1-6-21-14-12-19(10-11-20-9-7-8-17(2)16-20)13-15-22(21)23(26)25-18(3)24(4,5)27/h7-9,12-16,18,21,27H,6H2,1-5H3,(H,25,26). The van der Waals surface area contributed by atoms with Crippen LogP contribution in [-0.4, -0.2) is 22.7 Å². The van der Waals surface area contributed by atoms with Gasteiger partial charge in [-0.3, -0.25) is 4.79 Å². The first-order chi connectivity index (χ1) is 12.7.